The van der Waals surface area contributed by atoms with Crippen molar-refractivity contribution in [3.63, 3.8) is 0 Å². The highest BCUT2D eigenvalue weighted by atomic mass is 79.9. The van der Waals surface area contributed by atoms with Crippen molar-refractivity contribution in [1.29, 1.82) is 0 Å². The van der Waals surface area contributed by atoms with Crippen LogP contribution in [0.15, 0.2) is 60.7 Å². The van der Waals surface area contributed by atoms with E-state index < -0.39 is 0 Å². The fourth-order valence-electron chi connectivity index (χ4n) is 2.81. The molecule has 1 unspecified atom stereocenters. The number of fused-ring (bicyclic) bond motifs is 1. The zero-order valence-electron chi connectivity index (χ0n) is 11.7. The minimum absolute atomic E-state index is 0.229. The molecular weight excluding hydrogens is 308 g/mol. The Labute approximate surface area is 128 Å². The van der Waals surface area contributed by atoms with Gasteiger partial charge in [0.05, 0.1) is 4.83 Å². The summed E-state index contributed by atoms with van der Waals surface area (Å²) < 4.78 is 0. The van der Waals surface area contributed by atoms with E-state index in [2.05, 4.69) is 90.4 Å². The molecule has 0 nitrogen and oxygen atoms in total. The Hall–Kier alpha value is -1.60. The van der Waals surface area contributed by atoms with Gasteiger partial charge in [0.15, 0.2) is 0 Å². The van der Waals surface area contributed by atoms with Crippen LogP contribution in [0.4, 0.5) is 0 Å². The average Bonchev–Trinajstić information content (AvgIpc) is 2.45. The van der Waals surface area contributed by atoms with E-state index >= 15 is 0 Å². The first-order chi connectivity index (χ1) is 9.65. The Morgan fingerprint density at radius 1 is 0.800 bits per heavy atom. The molecule has 0 spiro atoms. The summed E-state index contributed by atoms with van der Waals surface area (Å²) in [6, 6.07) is 21.8. The molecule has 0 heterocycles. The van der Waals surface area contributed by atoms with Gasteiger partial charge in [0.2, 0.25) is 0 Å². The van der Waals surface area contributed by atoms with Gasteiger partial charge in [-0.15, -0.1) is 0 Å². The summed E-state index contributed by atoms with van der Waals surface area (Å²) in [4.78, 5) is 0.229. The molecule has 100 valence electrons. The van der Waals surface area contributed by atoms with Crippen molar-refractivity contribution in [2.24, 2.45) is 0 Å². The lowest BCUT2D eigenvalue weighted by Crippen LogP contribution is -1.95. The molecule has 3 rings (SSSR count). The number of aryl methyl sites for hydroxylation is 2. The molecule has 1 heteroatoms. The molecule has 0 aliphatic rings. The summed E-state index contributed by atoms with van der Waals surface area (Å²) in [5.41, 5.74) is 5.27. The van der Waals surface area contributed by atoms with E-state index in [0.717, 1.165) is 0 Å². The van der Waals surface area contributed by atoms with Crippen LogP contribution in [0.25, 0.3) is 10.8 Å². The van der Waals surface area contributed by atoms with Gasteiger partial charge in [-0.2, -0.15) is 0 Å². The van der Waals surface area contributed by atoms with E-state index in [4.69, 9.17) is 0 Å². The third-order valence-electron chi connectivity index (χ3n) is 3.63. The zero-order chi connectivity index (χ0) is 14.1. The fourth-order valence-corrected chi connectivity index (χ4v) is 3.47. The lowest BCUT2D eigenvalue weighted by Gasteiger charge is -2.15. The molecular formula is C19H17Br. The van der Waals surface area contributed by atoms with Crippen molar-refractivity contribution < 1.29 is 0 Å². The first-order valence-corrected chi connectivity index (χ1v) is 7.76. The predicted molar refractivity (Wildman–Crippen MR) is 90.6 cm³/mol. The number of rotatable bonds is 2. The maximum absolute atomic E-state index is 3.88. The SMILES string of the molecule is Cc1cc(C)cc(C(Br)c2cccc3ccccc23)c1. The van der Waals surface area contributed by atoms with Crippen molar-refractivity contribution in [3.8, 4) is 0 Å². The topological polar surface area (TPSA) is 0 Å². The predicted octanol–water partition coefficient (Wildman–Crippen LogP) is 5.94. The first-order valence-electron chi connectivity index (χ1n) is 6.85. The molecule has 0 aliphatic carbocycles. The molecule has 0 amide bonds. The summed E-state index contributed by atoms with van der Waals surface area (Å²) in [6.45, 7) is 4.30. The molecule has 20 heavy (non-hydrogen) atoms. The van der Waals surface area contributed by atoms with Crippen LogP contribution in [0.5, 0.6) is 0 Å². The van der Waals surface area contributed by atoms with E-state index in [9.17, 15) is 0 Å². The van der Waals surface area contributed by atoms with Gasteiger partial charge in [-0.25, -0.2) is 0 Å². The molecule has 0 N–H and O–H groups in total. The van der Waals surface area contributed by atoms with Crippen LogP contribution in [-0.4, -0.2) is 0 Å². The molecule has 3 aromatic carbocycles. The summed E-state index contributed by atoms with van der Waals surface area (Å²) in [7, 11) is 0. The van der Waals surface area contributed by atoms with E-state index in [1.165, 1.54) is 33.0 Å². The summed E-state index contributed by atoms with van der Waals surface area (Å²) in [5.74, 6) is 0. The molecule has 0 aliphatic heterocycles. The third kappa shape index (κ3) is 2.51. The fraction of sp³-hybridized carbons (Fsp3) is 0.158. The molecule has 0 aromatic heterocycles. The van der Waals surface area contributed by atoms with Crippen molar-refractivity contribution >= 4 is 26.7 Å². The van der Waals surface area contributed by atoms with Gasteiger partial charge in [0, 0.05) is 0 Å². The Balaban J connectivity index is 2.15. The number of alkyl halides is 1. The van der Waals surface area contributed by atoms with Crippen LogP contribution in [0.3, 0.4) is 0 Å². The van der Waals surface area contributed by atoms with Gasteiger partial charge >= 0.3 is 0 Å². The van der Waals surface area contributed by atoms with Gasteiger partial charge in [-0.05, 0) is 35.7 Å². The van der Waals surface area contributed by atoms with Crippen molar-refractivity contribution in [1.82, 2.24) is 0 Å². The average molecular weight is 325 g/mol. The van der Waals surface area contributed by atoms with E-state index in [-0.39, 0.29) is 4.83 Å². The third-order valence-corrected chi connectivity index (χ3v) is 4.66. The van der Waals surface area contributed by atoms with Crippen LogP contribution in [0, 0.1) is 13.8 Å². The second-order valence-electron chi connectivity index (χ2n) is 5.35. The standard InChI is InChI=1S/C19H17Br/c1-13-10-14(2)12-16(11-13)19(20)18-9-5-7-15-6-3-4-8-17(15)18/h3-12,19H,1-2H3. The van der Waals surface area contributed by atoms with Crippen LogP contribution >= 0.6 is 15.9 Å². The monoisotopic (exact) mass is 324 g/mol. The quantitative estimate of drug-likeness (QED) is 0.511. The van der Waals surface area contributed by atoms with Crippen molar-refractivity contribution in [2.75, 3.05) is 0 Å². The van der Waals surface area contributed by atoms with E-state index in [1.54, 1.807) is 0 Å². The van der Waals surface area contributed by atoms with Crippen molar-refractivity contribution in [2.45, 2.75) is 18.7 Å². The summed E-state index contributed by atoms with van der Waals surface area (Å²) in [6.07, 6.45) is 0. The van der Waals surface area contributed by atoms with Crippen molar-refractivity contribution in [3.05, 3.63) is 82.9 Å². The zero-order valence-corrected chi connectivity index (χ0v) is 13.3. The van der Waals surface area contributed by atoms with Crippen LogP contribution < -0.4 is 0 Å². The van der Waals surface area contributed by atoms with Crippen LogP contribution in [-0.2, 0) is 0 Å². The van der Waals surface area contributed by atoms with E-state index in [0.29, 0.717) is 0 Å². The lowest BCUT2D eigenvalue weighted by atomic mass is 9.96. The van der Waals surface area contributed by atoms with Crippen LogP contribution in [0.2, 0.25) is 0 Å². The van der Waals surface area contributed by atoms with Gasteiger partial charge in [0.25, 0.3) is 0 Å². The molecule has 0 saturated heterocycles. The van der Waals surface area contributed by atoms with Gasteiger partial charge in [0.1, 0.15) is 0 Å². The maximum Gasteiger partial charge on any atom is 0.0650 e. The Morgan fingerprint density at radius 2 is 1.45 bits per heavy atom. The van der Waals surface area contributed by atoms with E-state index in [1.807, 2.05) is 0 Å². The van der Waals surface area contributed by atoms with Gasteiger partial charge < -0.3 is 0 Å². The minimum atomic E-state index is 0.229. The summed E-state index contributed by atoms with van der Waals surface area (Å²) >= 11 is 3.88. The molecule has 0 fully saturated rings. The second-order valence-corrected chi connectivity index (χ2v) is 6.27. The molecule has 0 saturated carbocycles. The first kappa shape index (κ1) is 13.4. The Kier molecular flexibility index (Phi) is 3.62. The van der Waals surface area contributed by atoms with Gasteiger partial charge in [-0.1, -0.05) is 87.7 Å². The van der Waals surface area contributed by atoms with Crippen LogP contribution in [0.1, 0.15) is 27.1 Å². The number of hydrogen-bond donors (Lipinski definition) is 0. The number of hydrogen-bond acceptors (Lipinski definition) is 0. The normalized spacial score (nSPS) is 12.6. The molecule has 0 bridgehead atoms. The highest BCUT2D eigenvalue weighted by molar-refractivity contribution is 9.09. The largest absolute Gasteiger partial charge is 0.0786 e. The highest BCUT2D eigenvalue weighted by Crippen LogP contribution is 2.35. The van der Waals surface area contributed by atoms with Gasteiger partial charge in [-0.3, -0.25) is 0 Å². The number of halogens is 1. The Bertz CT molecular complexity index is 733. The maximum atomic E-state index is 3.88. The molecule has 1 atom stereocenters. The number of benzene rings is 3. The molecule has 0 radical (unpaired) electrons. The highest BCUT2D eigenvalue weighted by Gasteiger charge is 2.13. The second kappa shape index (κ2) is 5.41. The Morgan fingerprint density at radius 3 is 2.20 bits per heavy atom. The smallest absolute Gasteiger partial charge is 0.0650 e. The summed E-state index contributed by atoms with van der Waals surface area (Å²) in [5, 5.41) is 2.61. The lowest BCUT2D eigenvalue weighted by molar-refractivity contribution is 1.17. The minimum Gasteiger partial charge on any atom is -0.0786 e. The molecule has 3 aromatic rings.